The molecule has 1 N–H and O–H groups in total. The molecule has 0 rings (SSSR count). The lowest BCUT2D eigenvalue weighted by atomic mass is 10.1. The van der Waals surface area contributed by atoms with Gasteiger partial charge in [-0.1, -0.05) is 166 Å². The van der Waals surface area contributed by atoms with Crippen LogP contribution in [0.1, 0.15) is 194 Å². The number of carbonyl (C=O) groups is 2. The zero-order valence-corrected chi connectivity index (χ0v) is 30.3. The quantitative estimate of drug-likeness (QED) is 0.0421. The molecule has 1 unspecified atom stereocenters. The third-order valence-corrected chi connectivity index (χ3v) is 8.44. The average molecular weight is 647 g/mol. The fourth-order valence-electron chi connectivity index (χ4n) is 5.44. The van der Waals surface area contributed by atoms with Crippen LogP contribution in [0.4, 0.5) is 0 Å². The Kier molecular flexibility index (Phi) is 36.0. The monoisotopic (exact) mass is 647 g/mol. The standard InChI is InChI=1S/C41H74O5/c1-3-5-7-9-11-13-14-15-16-17-18-19-20-21-22-23-24-25-26-28-30-32-34-36-41(44)46-39(37-42)38-45-40(43)35-33-31-29-27-12-10-8-6-4-2/h14-15,17-18,20-21,39,42H,3-13,16,19,22-38H2,1-2H3/b15-14-,18-17-,21-20-. The molecule has 0 aliphatic rings. The van der Waals surface area contributed by atoms with Crippen molar-refractivity contribution < 1.29 is 24.2 Å². The van der Waals surface area contributed by atoms with Crippen molar-refractivity contribution in [2.45, 2.75) is 200 Å². The first-order chi connectivity index (χ1) is 22.6. The summed E-state index contributed by atoms with van der Waals surface area (Å²) in [6, 6.07) is 0. The van der Waals surface area contributed by atoms with E-state index in [1.54, 1.807) is 0 Å². The predicted molar refractivity (Wildman–Crippen MR) is 196 cm³/mol. The van der Waals surface area contributed by atoms with E-state index in [1.165, 1.54) is 116 Å². The van der Waals surface area contributed by atoms with Gasteiger partial charge in [-0.25, -0.2) is 0 Å². The Bertz CT molecular complexity index is 741. The van der Waals surface area contributed by atoms with Crippen molar-refractivity contribution in [2.24, 2.45) is 0 Å². The zero-order valence-electron chi connectivity index (χ0n) is 30.3. The maximum Gasteiger partial charge on any atom is 0.306 e. The van der Waals surface area contributed by atoms with Gasteiger partial charge in [0.1, 0.15) is 6.61 Å². The summed E-state index contributed by atoms with van der Waals surface area (Å²) in [7, 11) is 0. The number of hydrogen-bond acceptors (Lipinski definition) is 5. The van der Waals surface area contributed by atoms with Gasteiger partial charge in [0.2, 0.25) is 0 Å². The van der Waals surface area contributed by atoms with Crippen molar-refractivity contribution in [3.63, 3.8) is 0 Å². The summed E-state index contributed by atoms with van der Waals surface area (Å²) in [6.45, 7) is 4.09. The van der Waals surface area contributed by atoms with Crippen molar-refractivity contribution in [2.75, 3.05) is 13.2 Å². The molecule has 0 saturated heterocycles. The van der Waals surface area contributed by atoms with Gasteiger partial charge in [-0.05, 0) is 51.4 Å². The van der Waals surface area contributed by atoms with Crippen LogP contribution in [-0.4, -0.2) is 36.4 Å². The van der Waals surface area contributed by atoms with Crippen LogP contribution in [0.25, 0.3) is 0 Å². The minimum Gasteiger partial charge on any atom is -0.462 e. The van der Waals surface area contributed by atoms with Crippen LogP contribution in [-0.2, 0) is 19.1 Å². The zero-order chi connectivity index (χ0) is 33.6. The fourth-order valence-corrected chi connectivity index (χ4v) is 5.44. The number of ether oxygens (including phenoxy) is 2. The Hall–Kier alpha value is -1.88. The summed E-state index contributed by atoms with van der Waals surface area (Å²) >= 11 is 0. The number of hydrogen-bond donors (Lipinski definition) is 1. The van der Waals surface area contributed by atoms with Crippen molar-refractivity contribution in [1.29, 1.82) is 0 Å². The van der Waals surface area contributed by atoms with Crippen molar-refractivity contribution in [3.05, 3.63) is 36.5 Å². The Morgan fingerprint density at radius 1 is 0.500 bits per heavy atom. The first kappa shape index (κ1) is 44.1. The first-order valence-corrected chi connectivity index (χ1v) is 19.5. The molecule has 0 spiro atoms. The Balaban J connectivity index is 3.55. The largest absolute Gasteiger partial charge is 0.462 e. The molecule has 0 aliphatic heterocycles. The van der Waals surface area contributed by atoms with E-state index in [-0.39, 0.29) is 25.2 Å². The second kappa shape index (κ2) is 37.6. The first-order valence-electron chi connectivity index (χ1n) is 19.5. The van der Waals surface area contributed by atoms with Crippen LogP contribution >= 0.6 is 0 Å². The Morgan fingerprint density at radius 3 is 1.30 bits per heavy atom. The van der Waals surface area contributed by atoms with Crippen molar-refractivity contribution in [1.82, 2.24) is 0 Å². The van der Waals surface area contributed by atoms with Crippen LogP contribution in [0, 0.1) is 0 Å². The number of aliphatic hydroxyl groups is 1. The van der Waals surface area contributed by atoms with Gasteiger partial charge in [-0.2, -0.15) is 0 Å². The summed E-state index contributed by atoms with van der Waals surface area (Å²) in [5, 5.41) is 9.52. The van der Waals surface area contributed by atoms with Gasteiger partial charge in [0.25, 0.3) is 0 Å². The van der Waals surface area contributed by atoms with Gasteiger partial charge in [-0.3, -0.25) is 9.59 Å². The topological polar surface area (TPSA) is 72.8 Å². The van der Waals surface area contributed by atoms with Gasteiger partial charge >= 0.3 is 11.9 Å². The molecule has 0 amide bonds. The van der Waals surface area contributed by atoms with E-state index in [2.05, 4.69) is 50.3 Å². The molecule has 0 heterocycles. The molecule has 0 aromatic rings. The third-order valence-electron chi connectivity index (χ3n) is 8.44. The smallest absolute Gasteiger partial charge is 0.306 e. The number of unbranched alkanes of at least 4 members (excludes halogenated alkanes) is 21. The molecule has 5 heteroatoms. The third kappa shape index (κ3) is 35.0. The molecule has 0 fully saturated rings. The number of allylic oxidation sites excluding steroid dienone is 6. The van der Waals surface area contributed by atoms with E-state index in [0.717, 1.165) is 51.4 Å². The molecule has 5 nitrogen and oxygen atoms in total. The molecule has 0 bridgehead atoms. The molecule has 0 aromatic carbocycles. The number of rotatable bonds is 35. The molecule has 268 valence electrons. The summed E-state index contributed by atoms with van der Waals surface area (Å²) < 4.78 is 10.6. The van der Waals surface area contributed by atoms with Crippen molar-refractivity contribution in [3.8, 4) is 0 Å². The lowest BCUT2D eigenvalue weighted by molar-refractivity contribution is -0.161. The van der Waals surface area contributed by atoms with Crippen LogP contribution < -0.4 is 0 Å². The van der Waals surface area contributed by atoms with Gasteiger partial charge < -0.3 is 14.6 Å². The van der Waals surface area contributed by atoms with E-state index >= 15 is 0 Å². The van der Waals surface area contributed by atoms with Crippen LogP contribution in [0.5, 0.6) is 0 Å². The number of esters is 2. The minimum absolute atomic E-state index is 0.0669. The van der Waals surface area contributed by atoms with E-state index in [1.807, 2.05) is 0 Å². The minimum atomic E-state index is -0.771. The summed E-state index contributed by atoms with van der Waals surface area (Å²) in [5.41, 5.74) is 0. The normalized spacial score (nSPS) is 12.5. The lowest BCUT2D eigenvalue weighted by Crippen LogP contribution is -2.28. The maximum atomic E-state index is 12.1. The highest BCUT2D eigenvalue weighted by Crippen LogP contribution is 2.13. The molecule has 1 atom stereocenters. The summed E-state index contributed by atoms with van der Waals surface area (Å²) in [5.74, 6) is -0.600. The van der Waals surface area contributed by atoms with Gasteiger partial charge in [0, 0.05) is 12.8 Å². The van der Waals surface area contributed by atoms with E-state index < -0.39 is 6.10 Å². The predicted octanol–water partition coefficient (Wildman–Crippen LogP) is 12.1. The highest BCUT2D eigenvalue weighted by Gasteiger charge is 2.16. The highest BCUT2D eigenvalue weighted by atomic mass is 16.6. The average Bonchev–Trinajstić information content (AvgIpc) is 3.06. The van der Waals surface area contributed by atoms with Crippen LogP contribution in [0.15, 0.2) is 36.5 Å². The molecular formula is C41H74O5. The maximum absolute atomic E-state index is 12.1. The van der Waals surface area contributed by atoms with Crippen LogP contribution in [0.3, 0.4) is 0 Å². The lowest BCUT2D eigenvalue weighted by Gasteiger charge is -2.15. The molecule has 0 radical (unpaired) electrons. The number of carbonyl (C=O) groups excluding carboxylic acids is 2. The van der Waals surface area contributed by atoms with Gasteiger partial charge in [-0.15, -0.1) is 0 Å². The van der Waals surface area contributed by atoms with Crippen molar-refractivity contribution >= 4 is 11.9 Å². The molecular weight excluding hydrogens is 572 g/mol. The fraction of sp³-hybridized carbons (Fsp3) is 0.805. The van der Waals surface area contributed by atoms with Gasteiger partial charge in [0.15, 0.2) is 6.10 Å². The molecule has 0 aliphatic carbocycles. The van der Waals surface area contributed by atoms with E-state index in [4.69, 9.17) is 9.47 Å². The molecule has 46 heavy (non-hydrogen) atoms. The van der Waals surface area contributed by atoms with E-state index in [0.29, 0.717) is 12.8 Å². The Morgan fingerprint density at radius 2 is 0.870 bits per heavy atom. The SMILES string of the molecule is CCCCCCC/C=C\C/C=C\C/C=C\CCCCCCCCCCC(=O)OC(CO)COC(=O)CCCCCCCCCCC. The Labute approximate surface area is 285 Å². The molecule has 0 aromatic heterocycles. The summed E-state index contributed by atoms with van der Waals surface area (Å²) in [6.07, 6.45) is 45.0. The summed E-state index contributed by atoms with van der Waals surface area (Å²) in [4.78, 5) is 24.1. The van der Waals surface area contributed by atoms with E-state index in [9.17, 15) is 14.7 Å². The second-order valence-electron chi connectivity index (χ2n) is 13.0. The second-order valence-corrected chi connectivity index (χ2v) is 13.0. The molecule has 0 saturated carbocycles. The van der Waals surface area contributed by atoms with Crippen LogP contribution in [0.2, 0.25) is 0 Å². The number of aliphatic hydroxyl groups excluding tert-OH is 1. The highest BCUT2D eigenvalue weighted by molar-refractivity contribution is 5.70. The van der Waals surface area contributed by atoms with Gasteiger partial charge in [0.05, 0.1) is 6.61 Å².